The third-order valence-corrected chi connectivity index (χ3v) is 2.67. The van der Waals surface area contributed by atoms with E-state index in [2.05, 4.69) is 19.2 Å². The van der Waals surface area contributed by atoms with Gasteiger partial charge in [0.25, 0.3) is 0 Å². The lowest BCUT2D eigenvalue weighted by molar-refractivity contribution is 0.0536. The van der Waals surface area contributed by atoms with Crippen LogP contribution in [-0.2, 0) is 6.42 Å². The number of benzene rings is 1. The molecular weight excluding hydrogens is 230 g/mol. The average molecular weight is 253 g/mol. The van der Waals surface area contributed by atoms with Gasteiger partial charge in [-0.15, -0.1) is 0 Å². The van der Waals surface area contributed by atoms with E-state index in [1.807, 2.05) is 24.3 Å². The van der Waals surface area contributed by atoms with E-state index in [9.17, 15) is 0 Å². The summed E-state index contributed by atoms with van der Waals surface area (Å²) in [4.78, 5) is 0. The monoisotopic (exact) mass is 253 g/mol. The summed E-state index contributed by atoms with van der Waals surface area (Å²) in [5.74, 6) is 0.711. The van der Waals surface area contributed by atoms with E-state index < -0.39 is 6.10 Å². The number of hydrogen-bond acceptors (Lipinski definition) is 4. The molecule has 2 unspecified atom stereocenters. The number of ether oxygens (including phenoxy) is 1. The van der Waals surface area contributed by atoms with E-state index in [4.69, 9.17) is 14.9 Å². The molecule has 0 spiro atoms. The van der Waals surface area contributed by atoms with E-state index in [0.717, 1.165) is 13.0 Å². The first-order chi connectivity index (χ1) is 8.65. The van der Waals surface area contributed by atoms with Crippen LogP contribution < -0.4 is 10.1 Å². The molecule has 1 aromatic rings. The van der Waals surface area contributed by atoms with Crippen molar-refractivity contribution in [2.75, 3.05) is 19.8 Å². The number of nitrogens with one attached hydrogen (secondary N) is 1. The van der Waals surface area contributed by atoms with E-state index in [1.54, 1.807) is 0 Å². The fraction of sp³-hybridized carbons (Fsp3) is 0.571. The van der Waals surface area contributed by atoms with Crippen LogP contribution in [0.4, 0.5) is 0 Å². The van der Waals surface area contributed by atoms with Crippen LogP contribution in [0, 0.1) is 0 Å². The zero-order valence-electron chi connectivity index (χ0n) is 11.1. The predicted octanol–water partition coefficient (Wildman–Crippen LogP) is 0.959. The van der Waals surface area contributed by atoms with Crippen LogP contribution >= 0.6 is 0 Å². The fourth-order valence-corrected chi connectivity index (χ4v) is 1.74. The maximum atomic E-state index is 9.17. The van der Waals surface area contributed by atoms with Crippen molar-refractivity contribution >= 4 is 0 Å². The second-order valence-corrected chi connectivity index (χ2v) is 4.45. The van der Waals surface area contributed by atoms with Gasteiger partial charge < -0.3 is 20.3 Å². The molecule has 1 aromatic carbocycles. The molecule has 0 saturated heterocycles. The van der Waals surface area contributed by atoms with Gasteiger partial charge in [0.2, 0.25) is 0 Å². The lowest BCUT2D eigenvalue weighted by Crippen LogP contribution is -2.27. The van der Waals surface area contributed by atoms with Crippen molar-refractivity contribution in [3.8, 4) is 5.75 Å². The van der Waals surface area contributed by atoms with Crippen LogP contribution in [-0.4, -0.2) is 42.1 Å². The molecule has 0 bridgehead atoms. The Bertz CT molecular complexity index is 326. The maximum absolute atomic E-state index is 9.17. The summed E-state index contributed by atoms with van der Waals surface area (Å²) in [6.07, 6.45) is 0.159. The van der Waals surface area contributed by atoms with Crippen molar-refractivity contribution in [1.29, 1.82) is 0 Å². The Labute approximate surface area is 109 Å². The summed E-state index contributed by atoms with van der Waals surface area (Å²) in [6.45, 7) is 5.06. The van der Waals surface area contributed by atoms with Gasteiger partial charge in [-0.1, -0.05) is 19.1 Å². The summed E-state index contributed by atoms with van der Waals surface area (Å²) in [5.41, 5.74) is 1.25. The molecule has 0 amide bonds. The molecule has 3 N–H and O–H groups in total. The number of likely N-dealkylation sites (N-methyl/N-ethyl adjacent to an activating group) is 1. The first-order valence-electron chi connectivity index (χ1n) is 6.39. The molecule has 0 saturated carbocycles. The van der Waals surface area contributed by atoms with Crippen molar-refractivity contribution in [2.45, 2.75) is 32.4 Å². The number of aliphatic hydroxyl groups excluding tert-OH is 2. The molecule has 0 aliphatic carbocycles. The lowest BCUT2D eigenvalue weighted by Gasteiger charge is -2.13. The second-order valence-electron chi connectivity index (χ2n) is 4.45. The lowest BCUT2D eigenvalue weighted by atomic mass is 10.1. The minimum absolute atomic E-state index is 0.115. The molecule has 2 atom stereocenters. The smallest absolute Gasteiger partial charge is 0.119 e. The summed E-state index contributed by atoms with van der Waals surface area (Å²) >= 11 is 0. The molecule has 0 aliphatic rings. The Morgan fingerprint density at radius 2 is 1.94 bits per heavy atom. The van der Waals surface area contributed by atoms with Gasteiger partial charge in [-0.05, 0) is 37.6 Å². The van der Waals surface area contributed by atoms with Crippen LogP contribution in [0.25, 0.3) is 0 Å². The first kappa shape index (κ1) is 15.0. The molecule has 0 fully saturated rings. The van der Waals surface area contributed by atoms with Crippen molar-refractivity contribution in [1.82, 2.24) is 5.32 Å². The van der Waals surface area contributed by atoms with Crippen molar-refractivity contribution in [3.05, 3.63) is 29.8 Å². The maximum Gasteiger partial charge on any atom is 0.119 e. The van der Waals surface area contributed by atoms with Gasteiger partial charge >= 0.3 is 0 Å². The molecule has 4 heteroatoms. The fourth-order valence-electron chi connectivity index (χ4n) is 1.74. The average Bonchev–Trinajstić information content (AvgIpc) is 2.37. The summed E-state index contributed by atoms with van der Waals surface area (Å²) in [5, 5.41) is 21.2. The summed E-state index contributed by atoms with van der Waals surface area (Å²) < 4.78 is 5.34. The highest BCUT2D eigenvalue weighted by molar-refractivity contribution is 5.27. The molecule has 18 heavy (non-hydrogen) atoms. The molecule has 0 heterocycles. The Morgan fingerprint density at radius 1 is 1.28 bits per heavy atom. The van der Waals surface area contributed by atoms with Gasteiger partial charge in [0.15, 0.2) is 0 Å². The van der Waals surface area contributed by atoms with Crippen molar-refractivity contribution in [3.63, 3.8) is 0 Å². The van der Waals surface area contributed by atoms with E-state index in [-0.39, 0.29) is 13.2 Å². The summed E-state index contributed by atoms with van der Waals surface area (Å²) in [6, 6.07) is 8.28. The third kappa shape index (κ3) is 5.49. The minimum Gasteiger partial charge on any atom is -0.491 e. The first-order valence-corrected chi connectivity index (χ1v) is 6.39. The Balaban J connectivity index is 2.42. The summed E-state index contributed by atoms with van der Waals surface area (Å²) in [7, 11) is 0. The molecule has 0 aliphatic heterocycles. The Hall–Kier alpha value is -1.10. The Morgan fingerprint density at radius 3 is 2.50 bits per heavy atom. The van der Waals surface area contributed by atoms with E-state index in [0.29, 0.717) is 11.8 Å². The number of hydrogen-bond donors (Lipinski definition) is 3. The van der Waals surface area contributed by atoms with Crippen LogP contribution in [0.2, 0.25) is 0 Å². The van der Waals surface area contributed by atoms with Crippen LogP contribution in [0.1, 0.15) is 19.4 Å². The largest absolute Gasteiger partial charge is 0.491 e. The minimum atomic E-state index is -0.821. The molecule has 1 rings (SSSR count). The predicted molar refractivity (Wildman–Crippen MR) is 71.9 cm³/mol. The van der Waals surface area contributed by atoms with Gasteiger partial charge in [-0.25, -0.2) is 0 Å². The zero-order valence-corrected chi connectivity index (χ0v) is 11.1. The van der Waals surface area contributed by atoms with E-state index in [1.165, 1.54) is 5.56 Å². The number of rotatable bonds is 8. The van der Waals surface area contributed by atoms with Crippen molar-refractivity contribution < 1.29 is 14.9 Å². The standard InChI is InChI=1S/C14H23NO3/c1-3-15-11(2)8-12-4-6-14(7-5-12)18-10-13(17)9-16/h4-7,11,13,15-17H,3,8-10H2,1-2H3. The quantitative estimate of drug-likeness (QED) is 0.646. The molecular formula is C14H23NO3. The van der Waals surface area contributed by atoms with E-state index >= 15 is 0 Å². The van der Waals surface area contributed by atoms with Crippen LogP contribution in [0.15, 0.2) is 24.3 Å². The van der Waals surface area contributed by atoms with Crippen LogP contribution in [0.5, 0.6) is 5.75 Å². The number of aliphatic hydroxyl groups is 2. The van der Waals surface area contributed by atoms with Gasteiger partial charge in [-0.3, -0.25) is 0 Å². The van der Waals surface area contributed by atoms with Gasteiger partial charge in [0.1, 0.15) is 18.5 Å². The molecule has 102 valence electrons. The van der Waals surface area contributed by atoms with Gasteiger partial charge in [0.05, 0.1) is 6.61 Å². The van der Waals surface area contributed by atoms with Gasteiger partial charge in [-0.2, -0.15) is 0 Å². The topological polar surface area (TPSA) is 61.7 Å². The van der Waals surface area contributed by atoms with Crippen LogP contribution in [0.3, 0.4) is 0 Å². The highest BCUT2D eigenvalue weighted by Crippen LogP contribution is 2.13. The SMILES string of the molecule is CCNC(C)Cc1ccc(OCC(O)CO)cc1. The zero-order chi connectivity index (χ0) is 13.4. The normalized spacial score (nSPS) is 14.2. The second kappa shape index (κ2) is 8.08. The highest BCUT2D eigenvalue weighted by Gasteiger charge is 2.04. The van der Waals surface area contributed by atoms with Crippen molar-refractivity contribution in [2.24, 2.45) is 0 Å². The molecule has 4 nitrogen and oxygen atoms in total. The van der Waals surface area contributed by atoms with Gasteiger partial charge in [0, 0.05) is 6.04 Å². The molecule has 0 aromatic heterocycles. The third-order valence-electron chi connectivity index (χ3n) is 2.67. The highest BCUT2D eigenvalue weighted by atomic mass is 16.5. The molecule has 0 radical (unpaired) electrons. The Kier molecular flexibility index (Phi) is 6.72.